The SMILES string of the molecule is CCCCCCCCC(CC)OC(=O)CCCCCCCN(CCCCCCCC(=O)OC(CCCCCCCC)CCCCCCCC)CCCNP(C)(=O)OC. The van der Waals surface area contributed by atoms with Gasteiger partial charge in [0, 0.05) is 33.2 Å². The molecule has 0 heterocycles. The molecule has 0 aromatic carbocycles. The first-order chi connectivity index (χ1) is 28.2. The first kappa shape index (κ1) is 57.1. The average Bonchev–Trinajstić information content (AvgIpc) is 3.21. The van der Waals surface area contributed by atoms with Crippen molar-refractivity contribution in [3.63, 3.8) is 0 Å². The minimum atomic E-state index is -2.71. The van der Waals surface area contributed by atoms with E-state index in [2.05, 4.69) is 37.7 Å². The minimum absolute atomic E-state index is 0.00992. The second kappa shape index (κ2) is 42.7. The number of hydrogen-bond acceptors (Lipinski definition) is 7. The molecule has 0 aliphatic heterocycles. The largest absolute Gasteiger partial charge is 0.462 e. The predicted molar refractivity (Wildman–Crippen MR) is 249 cm³/mol. The molecule has 0 aromatic rings. The first-order valence-corrected chi connectivity index (χ1v) is 27.3. The molecule has 0 spiro atoms. The summed E-state index contributed by atoms with van der Waals surface area (Å²) in [5.74, 6) is -0.00962. The third kappa shape index (κ3) is 39.2. The number of carbonyl (C=O) groups excluding carboxylic acids is 2. The van der Waals surface area contributed by atoms with Gasteiger partial charge in [-0.1, -0.05) is 163 Å². The predicted octanol–water partition coefficient (Wildman–Crippen LogP) is 14.9. The van der Waals surface area contributed by atoms with Crippen LogP contribution >= 0.6 is 7.52 Å². The summed E-state index contributed by atoms with van der Waals surface area (Å²) in [5, 5.41) is 3.08. The Morgan fingerprint density at radius 2 is 0.828 bits per heavy atom. The molecule has 0 saturated heterocycles. The van der Waals surface area contributed by atoms with Crippen molar-refractivity contribution < 1.29 is 28.2 Å². The normalized spacial score (nSPS) is 13.3. The number of rotatable bonds is 46. The fourth-order valence-corrected chi connectivity index (χ4v) is 8.50. The van der Waals surface area contributed by atoms with E-state index in [0.717, 1.165) is 110 Å². The molecule has 8 nitrogen and oxygen atoms in total. The molecular formula is C49H99N2O6P. The molecule has 0 fully saturated rings. The molecule has 0 aliphatic carbocycles. The third-order valence-electron chi connectivity index (χ3n) is 11.8. The lowest BCUT2D eigenvalue weighted by Crippen LogP contribution is -2.29. The Morgan fingerprint density at radius 1 is 0.483 bits per heavy atom. The highest BCUT2D eigenvalue weighted by Crippen LogP contribution is 2.35. The summed E-state index contributed by atoms with van der Waals surface area (Å²) < 4.78 is 29.2. The number of carbonyl (C=O) groups is 2. The lowest BCUT2D eigenvalue weighted by molar-refractivity contribution is -0.150. The molecule has 2 unspecified atom stereocenters. The summed E-state index contributed by atoms with van der Waals surface area (Å²) in [4.78, 5) is 27.9. The van der Waals surface area contributed by atoms with Crippen molar-refractivity contribution in [2.45, 2.75) is 265 Å². The van der Waals surface area contributed by atoms with Gasteiger partial charge < -0.3 is 18.9 Å². The van der Waals surface area contributed by atoms with E-state index >= 15 is 0 Å². The van der Waals surface area contributed by atoms with Gasteiger partial charge in [-0.25, -0.2) is 5.09 Å². The van der Waals surface area contributed by atoms with E-state index in [4.69, 9.17) is 14.0 Å². The zero-order valence-electron chi connectivity index (χ0n) is 39.6. The zero-order chi connectivity index (χ0) is 42.8. The fraction of sp³-hybridized carbons (Fsp3) is 0.959. The summed E-state index contributed by atoms with van der Waals surface area (Å²) >= 11 is 0. The maximum absolute atomic E-state index is 12.8. The molecule has 0 aliphatic rings. The van der Waals surface area contributed by atoms with Crippen LogP contribution in [0.4, 0.5) is 0 Å². The van der Waals surface area contributed by atoms with Crippen LogP contribution in [0.15, 0.2) is 0 Å². The quantitative estimate of drug-likeness (QED) is 0.0368. The van der Waals surface area contributed by atoms with Crippen LogP contribution < -0.4 is 5.09 Å². The van der Waals surface area contributed by atoms with Gasteiger partial charge in [0.2, 0.25) is 0 Å². The molecule has 1 N–H and O–H groups in total. The lowest BCUT2D eigenvalue weighted by Gasteiger charge is -2.23. The summed E-state index contributed by atoms with van der Waals surface area (Å²) in [6.45, 7) is 14.3. The molecule has 58 heavy (non-hydrogen) atoms. The molecule has 0 bridgehead atoms. The maximum Gasteiger partial charge on any atom is 0.306 e. The van der Waals surface area contributed by atoms with Crippen molar-refractivity contribution in [3.8, 4) is 0 Å². The number of esters is 2. The van der Waals surface area contributed by atoms with E-state index in [1.807, 2.05) is 0 Å². The first-order valence-electron chi connectivity index (χ1n) is 25.2. The second-order valence-electron chi connectivity index (χ2n) is 17.5. The van der Waals surface area contributed by atoms with Crippen molar-refractivity contribution >= 4 is 19.5 Å². The van der Waals surface area contributed by atoms with Gasteiger partial charge >= 0.3 is 11.9 Å². The van der Waals surface area contributed by atoms with Gasteiger partial charge in [0.15, 0.2) is 0 Å². The molecule has 0 rings (SSSR count). The van der Waals surface area contributed by atoms with Crippen molar-refractivity contribution in [3.05, 3.63) is 0 Å². The molecular weight excluding hydrogens is 744 g/mol. The molecule has 0 saturated carbocycles. The van der Waals surface area contributed by atoms with Crippen LogP contribution in [0.5, 0.6) is 0 Å². The molecule has 2 atom stereocenters. The molecule has 9 heteroatoms. The highest BCUT2D eigenvalue weighted by Gasteiger charge is 2.16. The number of hydrogen-bond donors (Lipinski definition) is 1. The van der Waals surface area contributed by atoms with E-state index in [0.29, 0.717) is 19.4 Å². The highest BCUT2D eigenvalue weighted by molar-refractivity contribution is 7.56. The number of ether oxygens (including phenoxy) is 2. The van der Waals surface area contributed by atoms with Crippen LogP contribution in [0.1, 0.15) is 252 Å². The Kier molecular flexibility index (Phi) is 42.0. The van der Waals surface area contributed by atoms with Crippen LogP contribution in [0.2, 0.25) is 0 Å². The van der Waals surface area contributed by atoms with Crippen LogP contribution in [0, 0.1) is 0 Å². The van der Waals surface area contributed by atoms with Crippen molar-refractivity contribution in [1.82, 2.24) is 9.99 Å². The van der Waals surface area contributed by atoms with Crippen molar-refractivity contribution in [2.75, 3.05) is 40.0 Å². The molecule has 346 valence electrons. The monoisotopic (exact) mass is 843 g/mol. The minimum Gasteiger partial charge on any atom is -0.462 e. The summed E-state index contributed by atoms with van der Waals surface area (Å²) in [5.41, 5.74) is 0. The smallest absolute Gasteiger partial charge is 0.306 e. The fourth-order valence-electron chi connectivity index (χ4n) is 7.81. The maximum atomic E-state index is 12.8. The summed E-state index contributed by atoms with van der Waals surface area (Å²) in [6, 6.07) is 0. The Morgan fingerprint density at radius 3 is 1.24 bits per heavy atom. The summed E-state index contributed by atoms with van der Waals surface area (Å²) in [6.07, 6.45) is 40.0. The van der Waals surface area contributed by atoms with E-state index in [1.54, 1.807) is 6.66 Å². The van der Waals surface area contributed by atoms with Crippen LogP contribution in [-0.2, 0) is 28.2 Å². The van der Waals surface area contributed by atoms with Crippen LogP contribution in [-0.4, -0.2) is 69.0 Å². The van der Waals surface area contributed by atoms with Crippen molar-refractivity contribution in [2.24, 2.45) is 0 Å². The van der Waals surface area contributed by atoms with Gasteiger partial charge in [0.05, 0.1) is 0 Å². The van der Waals surface area contributed by atoms with E-state index < -0.39 is 7.52 Å². The van der Waals surface area contributed by atoms with E-state index in [9.17, 15) is 14.2 Å². The average molecular weight is 843 g/mol. The van der Waals surface area contributed by atoms with Gasteiger partial charge in [-0.3, -0.25) is 14.2 Å². The van der Waals surface area contributed by atoms with Gasteiger partial charge in [0.1, 0.15) is 12.2 Å². The third-order valence-corrected chi connectivity index (χ3v) is 13.3. The van der Waals surface area contributed by atoms with Crippen molar-refractivity contribution in [1.29, 1.82) is 0 Å². The standard InChI is InChI=1S/C49H99N2O6P/c1-7-11-14-17-22-29-37-46(10-4)56-48(52)40-32-25-20-27-34-43-51(45-36-42-50-58(6,54)55-5)44-35-28-21-26-33-41-49(53)57-47(38-30-23-18-15-12-8-2)39-31-24-19-16-13-9-3/h46-47H,7-45H2,1-6H3,(H,50,54). The number of nitrogens with zero attached hydrogens (tertiary/aromatic N) is 1. The van der Waals surface area contributed by atoms with E-state index in [-0.39, 0.29) is 24.1 Å². The molecule has 0 aromatic heterocycles. The lowest BCUT2D eigenvalue weighted by atomic mass is 10.0. The number of nitrogens with one attached hydrogen (secondary N) is 1. The topological polar surface area (TPSA) is 94.2 Å². The Bertz CT molecular complexity index is 936. The molecule has 0 amide bonds. The van der Waals surface area contributed by atoms with Gasteiger partial charge in [-0.15, -0.1) is 0 Å². The Balaban J connectivity index is 4.46. The Labute approximate surface area is 361 Å². The van der Waals surface area contributed by atoms with Gasteiger partial charge in [-0.2, -0.15) is 0 Å². The Hall–Kier alpha value is -0.950. The van der Waals surface area contributed by atoms with Gasteiger partial charge in [0.25, 0.3) is 7.52 Å². The summed E-state index contributed by atoms with van der Waals surface area (Å²) in [7, 11) is -1.21. The zero-order valence-corrected chi connectivity index (χ0v) is 40.5. The van der Waals surface area contributed by atoms with Crippen LogP contribution in [0.25, 0.3) is 0 Å². The van der Waals surface area contributed by atoms with Crippen LogP contribution in [0.3, 0.4) is 0 Å². The molecule has 0 radical (unpaired) electrons. The van der Waals surface area contributed by atoms with Gasteiger partial charge in [-0.05, 0) is 96.7 Å². The second-order valence-corrected chi connectivity index (χ2v) is 19.8. The van der Waals surface area contributed by atoms with E-state index in [1.165, 1.54) is 129 Å². The highest BCUT2D eigenvalue weighted by atomic mass is 31.2. The number of unbranched alkanes of at least 4 members (excludes halogenated alkanes) is 23.